The lowest BCUT2D eigenvalue weighted by atomic mass is 10.1. The highest BCUT2D eigenvalue weighted by Gasteiger charge is 2.24. The van der Waals surface area contributed by atoms with E-state index in [1.807, 2.05) is 6.92 Å². The minimum atomic E-state index is -0.334. The van der Waals surface area contributed by atoms with Crippen LogP contribution >= 0.6 is 11.8 Å². The molecule has 0 radical (unpaired) electrons. The molecule has 0 unspecified atom stereocenters. The third kappa shape index (κ3) is 1.33. The number of aryl methyl sites for hydroxylation is 1. The van der Waals surface area contributed by atoms with E-state index in [9.17, 15) is 4.79 Å². The van der Waals surface area contributed by atoms with Gasteiger partial charge in [0.05, 0.1) is 17.6 Å². The third-order valence-corrected chi connectivity index (χ3v) is 2.88. The number of carbonyl (C=O) groups excluding carboxylic acids is 1. The Hall–Kier alpha value is -1.23. The van der Waals surface area contributed by atoms with Crippen molar-refractivity contribution >= 4 is 17.7 Å². The molecule has 0 spiro atoms. The lowest BCUT2D eigenvalue weighted by Gasteiger charge is -2.06. The van der Waals surface area contributed by atoms with Crippen LogP contribution in [0.4, 0.5) is 0 Å². The fourth-order valence-electron chi connectivity index (χ4n) is 1.30. The standard InChI is InChI=1S/C9H9NO3S/c1-5-3-10-8-7(14-4-13-8)6(5)9(11)12-2/h3H,4H2,1-2H3. The summed E-state index contributed by atoms with van der Waals surface area (Å²) in [6.45, 7) is 1.83. The van der Waals surface area contributed by atoms with E-state index in [0.29, 0.717) is 17.4 Å². The van der Waals surface area contributed by atoms with Crippen LogP contribution in [0.15, 0.2) is 11.1 Å². The molecule has 0 aliphatic carbocycles. The second-order valence-corrected chi connectivity index (χ2v) is 3.78. The first-order valence-corrected chi connectivity index (χ1v) is 5.06. The molecule has 2 rings (SSSR count). The van der Waals surface area contributed by atoms with Gasteiger partial charge in [-0.25, -0.2) is 9.78 Å². The second-order valence-electron chi connectivity index (χ2n) is 2.85. The largest absolute Gasteiger partial charge is 0.465 e. The number of aromatic nitrogens is 1. The SMILES string of the molecule is COC(=O)c1c(C)cnc2c1SCO2. The molecule has 0 amide bonds. The minimum absolute atomic E-state index is 0.334. The number of ether oxygens (including phenoxy) is 2. The van der Waals surface area contributed by atoms with Crippen molar-refractivity contribution in [2.75, 3.05) is 13.0 Å². The maximum atomic E-state index is 11.5. The minimum Gasteiger partial charge on any atom is -0.465 e. The van der Waals surface area contributed by atoms with Crippen molar-refractivity contribution in [3.63, 3.8) is 0 Å². The zero-order valence-corrected chi connectivity index (χ0v) is 8.68. The zero-order valence-electron chi connectivity index (χ0n) is 7.86. The van der Waals surface area contributed by atoms with Crippen LogP contribution in [-0.2, 0) is 4.74 Å². The van der Waals surface area contributed by atoms with Crippen molar-refractivity contribution in [2.24, 2.45) is 0 Å². The number of esters is 1. The van der Waals surface area contributed by atoms with Gasteiger partial charge < -0.3 is 9.47 Å². The van der Waals surface area contributed by atoms with Gasteiger partial charge in [-0.3, -0.25) is 0 Å². The highest BCUT2D eigenvalue weighted by atomic mass is 32.2. The Morgan fingerprint density at radius 3 is 3.21 bits per heavy atom. The molecule has 0 saturated carbocycles. The highest BCUT2D eigenvalue weighted by Crippen LogP contribution is 2.38. The molecule has 0 saturated heterocycles. The maximum absolute atomic E-state index is 11.5. The van der Waals surface area contributed by atoms with Crippen LogP contribution in [0.5, 0.6) is 5.88 Å². The van der Waals surface area contributed by atoms with E-state index < -0.39 is 0 Å². The van der Waals surface area contributed by atoms with Crippen molar-refractivity contribution < 1.29 is 14.3 Å². The van der Waals surface area contributed by atoms with E-state index in [1.54, 1.807) is 6.20 Å². The average molecular weight is 211 g/mol. The fourth-order valence-corrected chi connectivity index (χ4v) is 2.21. The summed E-state index contributed by atoms with van der Waals surface area (Å²) in [4.78, 5) is 16.3. The lowest BCUT2D eigenvalue weighted by molar-refractivity contribution is 0.0595. The third-order valence-electron chi connectivity index (χ3n) is 1.98. The molecule has 1 aliphatic heterocycles. The Kier molecular flexibility index (Phi) is 2.33. The van der Waals surface area contributed by atoms with Gasteiger partial charge in [-0.2, -0.15) is 0 Å². The number of pyridine rings is 1. The van der Waals surface area contributed by atoms with E-state index in [0.717, 1.165) is 10.5 Å². The van der Waals surface area contributed by atoms with E-state index in [1.165, 1.54) is 18.9 Å². The number of hydrogen-bond acceptors (Lipinski definition) is 5. The number of nitrogens with zero attached hydrogens (tertiary/aromatic N) is 1. The van der Waals surface area contributed by atoms with E-state index in [-0.39, 0.29) is 5.97 Å². The molecule has 0 atom stereocenters. The van der Waals surface area contributed by atoms with Gasteiger partial charge in [-0.05, 0) is 12.5 Å². The number of rotatable bonds is 1. The van der Waals surface area contributed by atoms with Gasteiger partial charge in [0.2, 0.25) is 5.88 Å². The fraction of sp³-hybridized carbons (Fsp3) is 0.333. The molecule has 0 bridgehead atoms. The van der Waals surface area contributed by atoms with Gasteiger partial charge in [0.15, 0.2) is 0 Å². The molecular formula is C9H9NO3S. The van der Waals surface area contributed by atoms with Crippen molar-refractivity contribution in [1.82, 2.24) is 4.98 Å². The zero-order chi connectivity index (χ0) is 10.1. The van der Waals surface area contributed by atoms with Crippen LogP contribution < -0.4 is 4.74 Å². The van der Waals surface area contributed by atoms with Crippen molar-refractivity contribution in [3.05, 3.63) is 17.3 Å². The molecule has 0 N–H and O–H groups in total. The van der Waals surface area contributed by atoms with Crippen LogP contribution in [0.1, 0.15) is 15.9 Å². The molecule has 1 aromatic heterocycles. The number of fused-ring (bicyclic) bond motifs is 1. The lowest BCUT2D eigenvalue weighted by Crippen LogP contribution is -2.06. The van der Waals surface area contributed by atoms with E-state index in [2.05, 4.69) is 4.98 Å². The molecule has 5 heteroatoms. The summed E-state index contributed by atoms with van der Waals surface area (Å²) < 4.78 is 9.94. The highest BCUT2D eigenvalue weighted by molar-refractivity contribution is 7.99. The molecular weight excluding hydrogens is 202 g/mol. The molecule has 1 aromatic rings. The average Bonchev–Trinajstić information content (AvgIpc) is 2.64. The summed E-state index contributed by atoms with van der Waals surface area (Å²) in [5.74, 6) is 0.704. The normalized spacial score (nSPS) is 13.3. The predicted molar refractivity (Wildman–Crippen MR) is 51.7 cm³/mol. The van der Waals surface area contributed by atoms with Crippen LogP contribution in [0, 0.1) is 6.92 Å². The Labute approximate surface area is 85.6 Å². The number of hydrogen-bond donors (Lipinski definition) is 0. The predicted octanol–water partition coefficient (Wildman–Crippen LogP) is 1.62. The van der Waals surface area contributed by atoms with Gasteiger partial charge in [0, 0.05) is 6.20 Å². The molecule has 0 aromatic carbocycles. The molecule has 2 heterocycles. The van der Waals surface area contributed by atoms with Gasteiger partial charge in [-0.1, -0.05) is 11.8 Å². The molecule has 1 aliphatic rings. The summed E-state index contributed by atoms with van der Waals surface area (Å²) in [5.41, 5.74) is 1.38. The Morgan fingerprint density at radius 1 is 1.71 bits per heavy atom. The first-order valence-electron chi connectivity index (χ1n) is 4.07. The summed E-state index contributed by atoms with van der Waals surface area (Å²) in [6.07, 6.45) is 1.62. The van der Waals surface area contributed by atoms with Crippen LogP contribution in [0.2, 0.25) is 0 Å². The van der Waals surface area contributed by atoms with Crippen molar-refractivity contribution in [3.8, 4) is 5.88 Å². The Morgan fingerprint density at radius 2 is 2.50 bits per heavy atom. The van der Waals surface area contributed by atoms with Gasteiger partial charge >= 0.3 is 5.97 Å². The number of carbonyl (C=O) groups is 1. The van der Waals surface area contributed by atoms with Crippen LogP contribution in [-0.4, -0.2) is 24.0 Å². The first kappa shape index (κ1) is 9.33. The maximum Gasteiger partial charge on any atom is 0.339 e. The Balaban J connectivity index is 2.57. The summed E-state index contributed by atoms with van der Waals surface area (Å²) >= 11 is 1.47. The first-order chi connectivity index (χ1) is 6.74. The van der Waals surface area contributed by atoms with Gasteiger partial charge in [0.1, 0.15) is 5.94 Å². The van der Waals surface area contributed by atoms with E-state index in [4.69, 9.17) is 9.47 Å². The second kappa shape index (κ2) is 3.49. The molecule has 74 valence electrons. The number of thioether (sulfide) groups is 1. The summed E-state index contributed by atoms with van der Waals surface area (Å²) in [5, 5.41) is 0. The van der Waals surface area contributed by atoms with Crippen LogP contribution in [0.25, 0.3) is 0 Å². The Bertz CT molecular complexity index is 392. The summed E-state index contributed by atoms with van der Waals surface area (Å²) in [6, 6.07) is 0. The smallest absolute Gasteiger partial charge is 0.339 e. The molecule has 4 nitrogen and oxygen atoms in total. The van der Waals surface area contributed by atoms with E-state index >= 15 is 0 Å². The van der Waals surface area contributed by atoms with Crippen molar-refractivity contribution in [1.29, 1.82) is 0 Å². The summed E-state index contributed by atoms with van der Waals surface area (Å²) in [7, 11) is 1.37. The quantitative estimate of drug-likeness (QED) is 0.660. The van der Waals surface area contributed by atoms with Gasteiger partial charge in [0.25, 0.3) is 0 Å². The topological polar surface area (TPSA) is 48.4 Å². The monoisotopic (exact) mass is 211 g/mol. The van der Waals surface area contributed by atoms with Crippen molar-refractivity contribution in [2.45, 2.75) is 11.8 Å². The van der Waals surface area contributed by atoms with Crippen LogP contribution in [0.3, 0.4) is 0 Å². The molecule has 14 heavy (non-hydrogen) atoms. The number of methoxy groups -OCH3 is 1. The van der Waals surface area contributed by atoms with Gasteiger partial charge in [-0.15, -0.1) is 0 Å². The molecule has 0 fully saturated rings.